The van der Waals surface area contributed by atoms with Gasteiger partial charge in [-0.15, -0.1) is 0 Å². The zero-order chi connectivity index (χ0) is 14.1. The quantitative estimate of drug-likeness (QED) is 0.668. The minimum atomic E-state index is -0.328. The van der Waals surface area contributed by atoms with Crippen LogP contribution in [0.4, 0.5) is 0 Å². The molecule has 4 nitrogen and oxygen atoms in total. The number of carbonyl (C=O) groups is 2. The number of rotatable bonds is 7. The fourth-order valence-electron chi connectivity index (χ4n) is 2.70. The van der Waals surface area contributed by atoms with E-state index in [9.17, 15) is 9.59 Å². The van der Waals surface area contributed by atoms with Crippen LogP contribution in [0.15, 0.2) is 0 Å². The Hall–Kier alpha value is -1.06. The van der Waals surface area contributed by atoms with Gasteiger partial charge >= 0.3 is 5.97 Å². The zero-order valence-electron chi connectivity index (χ0n) is 12.3. The Morgan fingerprint density at radius 2 is 1.89 bits per heavy atom. The van der Waals surface area contributed by atoms with Crippen molar-refractivity contribution in [1.29, 1.82) is 0 Å². The number of esters is 1. The van der Waals surface area contributed by atoms with Crippen molar-refractivity contribution in [3.05, 3.63) is 0 Å². The highest BCUT2D eigenvalue weighted by Gasteiger charge is 2.16. The van der Waals surface area contributed by atoms with Gasteiger partial charge in [-0.3, -0.25) is 9.59 Å². The van der Waals surface area contributed by atoms with Crippen LogP contribution in [0, 0.1) is 5.92 Å². The Morgan fingerprint density at radius 1 is 1.21 bits per heavy atom. The van der Waals surface area contributed by atoms with E-state index in [4.69, 9.17) is 4.74 Å². The molecule has 0 atom stereocenters. The van der Waals surface area contributed by atoms with Crippen molar-refractivity contribution in [2.75, 3.05) is 20.2 Å². The van der Waals surface area contributed by atoms with Crippen LogP contribution in [-0.4, -0.2) is 37.0 Å². The van der Waals surface area contributed by atoms with E-state index in [1.807, 2.05) is 0 Å². The molecule has 0 bridgehead atoms. The molecular formula is C15H27NO3. The topological polar surface area (TPSA) is 46.6 Å². The summed E-state index contributed by atoms with van der Waals surface area (Å²) in [5.74, 6) is 0.534. The minimum Gasteiger partial charge on any atom is -0.465 e. The Kier molecular flexibility index (Phi) is 7.53. The molecule has 1 saturated carbocycles. The standard InChI is InChI=1S/C15H27NO3/c1-3-19-15(18)12-16(2)14(17)11-7-10-13-8-5-4-6-9-13/h13H,3-12H2,1-2H3. The molecule has 1 fully saturated rings. The van der Waals surface area contributed by atoms with Gasteiger partial charge in [0.15, 0.2) is 0 Å². The van der Waals surface area contributed by atoms with Crippen LogP contribution in [0.5, 0.6) is 0 Å². The maximum Gasteiger partial charge on any atom is 0.325 e. The molecule has 19 heavy (non-hydrogen) atoms. The van der Waals surface area contributed by atoms with E-state index in [1.54, 1.807) is 14.0 Å². The van der Waals surface area contributed by atoms with Gasteiger partial charge in [-0.1, -0.05) is 32.1 Å². The molecule has 0 saturated heterocycles. The van der Waals surface area contributed by atoms with Crippen LogP contribution in [0.2, 0.25) is 0 Å². The fourth-order valence-corrected chi connectivity index (χ4v) is 2.70. The lowest BCUT2D eigenvalue weighted by molar-refractivity contribution is -0.148. The van der Waals surface area contributed by atoms with E-state index in [0.29, 0.717) is 13.0 Å². The van der Waals surface area contributed by atoms with Crippen LogP contribution in [0.25, 0.3) is 0 Å². The third-order valence-corrected chi connectivity index (χ3v) is 3.83. The summed E-state index contributed by atoms with van der Waals surface area (Å²) in [5, 5.41) is 0. The van der Waals surface area contributed by atoms with Crippen molar-refractivity contribution in [3.8, 4) is 0 Å². The van der Waals surface area contributed by atoms with Crippen molar-refractivity contribution in [2.24, 2.45) is 5.92 Å². The molecule has 4 heteroatoms. The molecule has 110 valence electrons. The molecule has 1 aliphatic rings. The number of amides is 1. The third-order valence-electron chi connectivity index (χ3n) is 3.83. The number of carbonyl (C=O) groups excluding carboxylic acids is 2. The molecule has 0 unspecified atom stereocenters. The van der Waals surface area contributed by atoms with E-state index < -0.39 is 0 Å². The van der Waals surface area contributed by atoms with Crippen molar-refractivity contribution in [3.63, 3.8) is 0 Å². The number of ether oxygens (including phenoxy) is 1. The second-order valence-electron chi connectivity index (χ2n) is 5.45. The van der Waals surface area contributed by atoms with E-state index in [1.165, 1.54) is 37.0 Å². The summed E-state index contributed by atoms with van der Waals surface area (Å²) in [4.78, 5) is 24.6. The molecule has 1 rings (SSSR count). The predicted molar refractivity (Wildman–Crippen MR) is 74.7 cm³/mol. The fraction of sp³-hybridized carbons (Fsp3) is 0.867. The maximum absolute atomic E-state index is 11.8. The lowest BCUT2D eigenvalue weighted by Crippen LogP contribution is -2.32. The lowest BCUT2D eigenvalue weighted by atomic mass is 9.86. The van der Waals surface area contributed by atoms with E-state index in [2.05, 4.69) is 0 Å². The van der Waals surface area contributed by atoms with Gasteiger partial charge in [0.1, 0.15) is 6.54 Å². The largest absolute Gasteiger partial charge is 0.465 e. The first-order valence-corrected chi connectivity index (χ1v) is 7.53. The van der Waals surface area contributed by atoms with Gasteiger partial charge < -0.3 is 9.64 Å². The molecular weight excluding hydrogens is 242 g/mol. The smallest absolute Gasteiger partial charge is 0.325 e. The number of likely N-dealkylation sites (N-methyl/N-ethyl adjacent to an activating group) is 1. The first-order chi connectivity index (χ1) is 9.13. The Labute approximate surface area is 116 Å². The second-order valence-corrected chi connectivity index (χ2v) is 5.45. The molecule has 0 aromatic rings. The van der Waals surface area contributed by atoms with Gasteiger partial charge in [0.25, 0.3) is 0 Å². The summed E-state index contributed by atoms with van der Waals surface area (Å²) in [6.45, 7) is 2.20. The van der Waals surface area contributed by atoms with Crippen LogP contribution in [0.3, 0.4) is 0 Å². The molecule has 1 amide bonds. The third kappa shape index (κ3) is 6.60. The summed E-state index contributed by atoms with van der Waals surface area (Å²) in [7, 11) is 1.67. The number of hydrogen-bond acceptors (Lipinski definition) is 3. The highest BCUT2D eigenvalue weighted by molar-refractivity contribution is 5.81. The van der Waals surface area contributed by atoms with E-state index in [-0.39, 0.29) is 18.4 Å². The summed E-state index contributed by atoms with van der Waals surface area (Å²) >= 11 is 0. The van der Waals surface area contributed by atoms with Crippen molar-refractivity contribution < 1.29 is 14.3 Å². The van der Waals surface area contributed by atoms with E-state index >= 15 is 0 Å². The normalized spacial score (nSPS) is 16.1. The van der Waals surface area contributed by atoms with Gasteiger partial charge in [0, 0.05) is 13.5 Å². The molecule has 0 aromatic heterocycles. The lowest BCUT2D eigenvalue weighted by Gasteiger charge is -2.21. The summed E-state index contributed by atoms with van der Waals surface area (Å²) in [6, 6.07) is 0. The van der Waals surface area contributed by atoms with Crippen LogP contribution >= 0.6 is 0 Å². The van der Waals surface area contributed by atoms with Gasteiger partial charge in [-0.2, -0.15) is 0 Å². The Bertz CT molecular complexity index is 285. The van der Waals surface area contributed by atoms with Crippen molar-refractivity contribution in [1.82, 2.24) is 4.90 Å². The Balaban J connectivity index is 2.13. The zero-order valence-corrected chi connectivity index (χ0v) is 12.3. The molecule has 0 aromatic carbocycles. The summed E-state index contributed by atoms with van der Waals surface area (Å²) in [5.41, 5.74) is 0. The molecule has 0 heterocycles. The van der Waals surface area contributed by atoms with Crippen LogP contribution in [-0.2, 0) is 14.3 Å². The average molecular weight is 269 g/mol. The van der Waals surface area contributed by atoms with Crippen molar-refractivity contribution in [2.45, 2.75) is 58.3 Å². The average Bonchev–Trinajstić information content (AvgIpc) is 2.40. The number of hydrogen-bond donors (Lipinski definition) is 0. The van der Waals surface area contributed by atoms with E-state index in [0.717, 1.165) is 18.8 Å². The summed E-state index contributed by atoms with van der Waals surface area (Å²) in [6.07, 6.45) is 9.36. The molecule has 0 radical (unpaired) electrons. The molecule has 1 aliphatic carbocycles. The first-order valence-electron chi connectivity index (χ1n) is 7.53. The highest BCUT2D eigenvalue weighted by Crippen LogP contribution is 2.27. The summed E-state index contributed by atoms with van der Waals surface area (Å²) < 4.78 is 4.83. The molecule has 0 N–H and O–H groups in total. The van der Waals surface area contributed by atoms with Gasteiger partial charge in [0.05, 0.1) is 6.61 Å². The maximum atomic E-state index is 11.8. The van der Waals surface area contributed by atoms with Gasteiger partial charge in [-0.25, -0.2) is 0 Å². The van der Waals surface area contributed by atoms with Crippen LogP contribution in [0.1, 0.15) is 58.3 Å². The SMILES string of the molecule is CCOC(=O)CN(C)C(=O)CCCC1CCCCC1. The molecule has 0 aliphatic heterocycles. The van der Waals surface area contributed by atoms with Crippen molar-refractivity contribution >= 4 is 11.9 Å². The highest BCUT2D eigenvalue weighted by atomic mass is 16.5. The monoisotopic (exact) mass is 269 g/mol. The van der Waals surface area contributed by atoms with Gasteiger partial charge in [0.2, 0.25) is 5.91 Å². The van der Waals surface area contributed by atoms with Crippen LogP contribution < -0.4 is 0 Å². The Morgan fingerprint density at radius 3 is 2.53 bits per heavy atom. The predicted octanol–water partition coefficient (Wildman–Crippen LogP) is 2.76. The number of nitrogens with zero attached hydrogens (tertiary/aromatic N) is 1. The first kappa shape index (κ1) is 16.0. The van der Waals surface area contributed by atoms with Gasteiger partial charge in [-0.05, 0) is 25.7 Å². The minimum absolute atomic E-state index is 0.0452. The molecule has 0 spiro atoms. The second kappa shape index (κ2) is 8.94.